The Morgan fingerprint density at radius 3 is 1.96 bits per heavy atom. The van der Waals surface area contributed by atoms with Crippen molar-refractivity contribution in [2.24, 2.45) is 16.7 Å². The third-order valence-electron chi connectivity index (χ3n) is 5.61. The highest BCUT2D eigenvalue weighted by molar-refractivity contribution is 6.09. The van der Waals surface area contributed by atoms with Crippen molar-refractivity contribution in [3.8, 4) is 0 Å². The summed E-state index contributed by atoms with van der Waals surface area (Å²) in [6, 6.07) is 3.44. The highest BCUT2D eigenvalue weighted by Crippen LogP contribution is 2.47. The van der Waals surface area contributed by atoms with Gasteiger partial charge in [0.15, 0.2) is 5.78 Å². The zero-order valence-corrected chi connectivity index (χ0v) is 16.4. The van der Waals surface area contributed by atoms with E-state index in [1.165, 1.54) is 0 Å². The van der Waals surface area contributed by atoms with Crippen molar-refractivity contribution < 1.29 is 19.5 Å². The van der Waals surface area contributed by atoms with Crippen molar-refractivity contribution in [2.45, 2.75) is 59.3 Å². The zero-order valence-electron chi connectivity index (χ0n) is 16.4. The molecule has 1 unspecified atom stereocenters. The Morgan fingerprint density at radius 2 is 1.44 bits per heavy atom. The largest absolute Gasteiger partial charge is 0.512 e. The first-order valence-electron chi connectivity index (χ1n) is 9.41. The maximum atomic E-state index is 13.0. The lowest BCUT2D eigenvalue weighted by molar-refractivity contribution is -0.140. The third kappa shape index (κ3) is 3.87. The molecular weight excluding hydrogens is 342 g/mol. The van der Waals surface area contributed by atoms with Crippen LogP contribution in [-0.4, -0.2) is 27.4 Å². The summed E-state index contributed by atoms with van der Waals surface area (Å²) in [5, 5.41) is 10.7. The molecule has 0 spiro atoms. The van der Waals surface area contributed by atoms with Crippen LogP contribution in [-0.2, 0) is 14.4 Å². The summed E-state index contributed by atoms with van der Waals surface area (Å²) in [5.74, 6) is -2.16. The van der Waals surface area contributed by atoms with Crippen molar-refractivity contribution in [3.63, 3.8) is 0 Å². The van der Waals surface area contributed by atoms with Gasteiger partial charge in [-0.15, -0.1) is 0 Å². The average Bonchev–Trinajstić information content (AvgIpc) is 2.50. The van der Waals surface area contributed by atoms with Gasteiger partial charge in [0, 0.05) is 49.6 Å². The first kappa shape index (κ1) is 19.5. The van der Waals surface area contributed by atoms with Crippen LogP contribution >= 0.6 is 0 Å². The van der Waals surface area contributed by atoms with E-state index < -0.39 is 11.8 Å². The number of hydrogen-bond acceptors (Lipinski definition) is 5. The van der Waals surface area contributed by atoms with E-state index in [1.807, 2.05) is 27.7 Å². The topological polar surface area (TPSA) is 84.3 Å². The number of allylic oxidation sites excluding steroid dienone is 2. The molecule has 0 aliphatic heterocycles. The lowest BCUT2D eigenvalue weighted by Gasteiger charge is -2.38. The molecular formula is C22H27NO4. The minimum absolute atomic E-state index is 0.00324. The average molecular weight is 369 g/mol. The Hall–Kier alpha value is -2.30. The molecule has 0 amide bonds. The van der Waals surface area contributed by atoms with Crippen molar-refractivity contribution in [3.05, 3.63) is 41.4 Å². The molecule has 0 radical (unpaired) electrons. The van der Waals surface area contributed by atoms with Gasteiger partial charge < -0.3 is 5.11 Å². The second-order valence-corrected chi connectivity index (χ2v) is 9.49. The maximum absolute atomic E-state index is 13.0. The zero-order chi connectivity index (χ0) is 20.0. The van der Waals surface area contributed by atoms with E-state index in [0.29, 0.717) is 24.8 Å². The number of ketones is 3. The van der Waals surface area contributed by atoms with Crippen LogP contribution in [0.1, 0.15) is 64.9 Å². The van der Waals surface area contributed by atoms with Crippen LogP contribution in [0.5, 0.6) is 0 Å². The lowest BCUT2D eigenvalue weighted by atomic mass is 9.62. The second kappa shape index (κ2) is 6.70. The summed E-state index contributed by atoms with van der Waals surface area (Å²) in [4.78, 5) is 42.9. The lowest BCUT2D eigenvalue weighted by Crippen LogP contribution is -2.43. The summed E-state index contributed by atoms with van der Waals surface area (Å²) in [6.07, 6.45) is 4.39. The minimum atomic E-state index is -0.928. The Balaban J connectivity index is 2.13. The van der Waals surface area contributed by atoms with Crippen LogP contribution in [0.15, 0.2) is 35.9 Å². The number of rotatable bonds is 3. The van der Waals surface area contributed by atoms with Crippen LogP contribution in [0.25, 0.3) is 0 Å². The molecule has 3 rings (SSSR count). The van der Waals surface area contributed by atoms with Gasteiger partial charge in [0.2, 0.25) is 0 Å². The summed E-state index contributed by atoms with van der Waals surface area (Å²) < 4.78 is 0. The van der Waals surface area contributed by atoms with Gasteiger partial charge in [-0.25, -0.2) is 0 Å². The van der Waals surface area contributed by atoms with E-state index in [9.17, 15) is 19.5 Å². The summed E-state index contributed by atoms with van der Waals surface area (Å²) in [6.45, 7) is 7.68. The third-order valence-corrected chi connectivity index (χ3v) is 5.61. The first-order valence-corrected chi connectivity index (χ1v) is 9.41. The normalized spacial score (nSPS) is 24.2. The fourth-order valence-corrected chi connectivity index (χ4v) is 4.53. The molecule has 1 aromatic rings. The summed E-state index contributed by atoms with van der Waals surface area (Å²) in [7, 11) is 0. The van der Waals surface area contributed by atoms with Gasteiger partial charge in [-0.05, 0) is 28.5 Å². The van der Waals surface area contributed by atoms with Crippen LogP contribution < -0.4 is 0 Å². The Morgan fingerprint density at radius 1 is 0.926 bits per heavy atom. The van der Waals surface area contributed by atoms with Crippen LogP contribution in [0.2, 0.25) is 0 Å². The monoisotopic (exact) mass is 369 g/mol. The first-order chi connectivity index (χ1) is 12.5. The van der Waals surface area contributed by atoms with Gasteiger partial charge >= 0.3 is 0 Å². The summed E-state index contributed by atoms with van der Waals surface area (Å²) >= 11 is 0. The number of carbonyl (C=O) groups is 3. The highest BCUT2D eigenvalue weighted by Gasteiger charge is 2.48. The number of hydrogen-bond donors (Lipinski definition) is 1. The van der Waals surface area contributed by atoms with Gasteiger partial charge in [-0.2, -0.15) is 0 Å². The fourth-order valence-electron chi connectivity index (χ4n) is 4.53. The number of pyridine rings is 1. The van der Waals surface area contributed by atoms with E-state index in [0.717, 1.165) is 0 Å². The molecule has 0 saturated heterocycles. The van der Waals surface area contributed by atoms with Gasteiger partial charge in [-0.1, -0.05) is 27.7 Å². The van der Waals surface area contributed by atoms with Gasteiger partial charge in [0.1, 0.15) is 17.3 Å². The number of aliphatic hydroxyl groups is 1. The highest BCUT2D eigenvalue weighted by atomic mass is 16.3. The fraction of sp³-hybridized carbons (Fsp3) is 0.545. The van der Waals surface area contributed by atoms with Crippen LogP contribution in [0, 0.1) is 16.7 Å². The molecule has 0 aromatic carbocycles. The van der Waals surface area contributed by atoms with Crippen molar-refractivity contribution >= 4 is 17.3 Å². The van der Waals surface area contributed by atoms with Crippen molar-refractivity contribution in [2.75, 3.05) is 0 Å². The quantitative estimate of drug-likeness (QED) is 0.816. The number of nitrogens with zero attached hydrogens (tertiary/aromatic N) is 1. The SMILES string of the molecule is CC1(C)CC(=O)C(C(C2=C(O)CC(C)(C)CC2=O)c2ccncc2)C(=O)C1. The molecule has 2 aliphatic rings. The Labute approximate surface area is 159 Å². The van der Waals surface area contributed by atoms with Crippen LogP contribution in [0.4, 0.5) is 0 Å². The predicted octanol–water partition coefficient (Wildman–Crippen LogP) is 3.94. The minimum Gasteiger partial charge on any atom is -0.512 e. The Bertz CT molecular complexity index is 800. The van der Waals surface area contributed by atoms with Gasteiger partial charge in [0.05, 0.1) is 5.92 Å². The smallest absolute Gasteiger partial charge is 0.163 e. The molecule has 1 fully saturated rings. The molecule has 5 nitrogen and oxygen atoms in total. The molecule has 0 bridgehead atoms. The predicted molar refractivity (Wildman–Crippen MR) is 101 cm³/mol. The molecule has 1 heterocycles. The number of carbonyl (C=O) groups excluding carboxylic acids is 3. The maximum Gasteiger partial charge on any atom is 0.163 e. The van der Waals surface area contributed by atoms with E-state index in [-0.39, 0.29) is 45.9 Å². The van der Waals surface area contributed by atoms with E-state index >= 15 is 0 Å². The van der Waals surface area contributed by atoms with E-state index in [1.54, 1.807) is 24.5 Å². The molecule has 5 heteroatoms. The summed E-state index contributed by atoms with van der Waals surface area (Å²) in [5.41, 5.74) is 0.191. The van der Waals surface area contributed by atoms with Crippen molar-refractivity contribution in [1.29, 1.82) is 0 Å². The molecule has 1 N–H and O–H groups in total. The Kier molecular flexibility index (Phi) is 4.83. The number of Topliss-reactive ketones (excluding diaryl/α,β-unsaturated/α-hetero) is 3. The van der Waals surface area contributed by atoms with Gasteiger partial charge in [-0.3, -0.25) is 19.4 Å². The molecule has 1 saturated carbocycles. The second-order valence-electron chi connectivity index (χ2n) is 9.49. The molecule has 2 aliphatic carbocycles. The van der Waals surface area contributed by atoms with E-state index in [4.69, 9.17) is 0 Å². The van der Waals surface area contributed by atoms with Crippen molar-refractivity contribution in [1.82, 2.24) is 4.98 Å². The number of aromatic nitrogens is 1. The number of aliphatic hydroxyl groups excluding tert-OH is 1. The van der Waals surface area contributed by atoms with Crippen LogP contribution in [0.3, 0.4) is 0 Å². The molecule has 144 valence electrons. The molecule has 1 atom stereocenters. The molecule has 27 heavy (non-hydrogen) atoms. The van der Waals surface area contributed by atoms with E-state index in [2.05, 4.69) is 4.98 Å². The standard InChI is InChI=1S/C22H27NO4/c1-21(2)9-14(24)19(15(25)10-21)18(13-5-7-23-8-6-13)20-16(26)11-22(3,4)12-17(20)27/h5-8,18-19,26H,9-12H2,1-4H3. The van der Waals surface area contributed by atoms with Gasteiger partial charge in [0.25, 0.3) is 0 Å². The molecule has 1 aromatic heterocycles.